The van der Waals surface area contributed by atoms with E-state index in [1.165, 1.54) is 61.2 Å². The van der Waals surface area contributed by atoms with Gasteiger partial charge < -0.3 is 0 Å². The van der Waals surface area contributed by atoms with Crippen LogP contribution in [0.25, 0.3) is 33.4 Å². The first-order chi connectivity index (χ1) is 19.6. The zero-order valence-electron chi connectivity index (χ0n) is 23.0. The molecule has 1 aliphatic carbocycles. The van der Waals surface area contributed by atoms with Crippen LogP contribution in [0.15, 0.2) is 152 Å². The topological polar surface area (TPSA) is 0 Å². The lowest BCUT2D eigenvalue weighted by Gasteiger charge is -2.26. The molecule has 0 saturated heterocycles. The molecule has 192 valence electrons. The van der Waals surface area contributed by atoms with E-state index in [0.717, 1.165) is 0 Å². The van der Waals surface area contributed by atoms with E-state index in [9.17, 15) is 0 Å². The quantitative estimate of drug-likeness (QED) is 0.202. The lowest BCUT2D eigenvalue weighted by molar-refractivity contribution is 0.659. The lowest BCUT2D eigenvalue weighted by atomic mass is 9.77. The molecular weight excluding hydrogens is 480 g/mol. The minimum absolute atomic E-state index is 0.0443. The van der Waals surface area contributed by atoms with Crippen LogP contribution >= 0.6 is 0 Å². The minimum Gasteiger partial charge on any atom is -0.0622 e. The Balaban J connectivity index is 1.45. The van der Waals surface area contributed by atoms with Crippen molar-refractivity contribution < 1.29 is 0 Å². The van der Waals surface area contributed by atoms with E-state index < -0.39 is 0 Å². The number of hydrogen-bond acceptors (Lipinski definition) is 0. The van der Waals surface area contributed by atoms with Crippen LogP contribution in [0.2, 0.25) is 0 Å². The smallest absolute Gasteiger partial charge is 0.0346 e. The van der Waals surface area contributed by atoms with E-state index >= 15 is 0 Å². The summed E-state index contributed by atoms with van der Waals surface area (Å²) < 4.78 is 0. The van der Waals surface area contributed by atoms with Crippen molar-refractivity contribution in [3.05, 3.63) is 179 Å². The summed E-state index contributed by atoms with van der Waals surface area (Å²) in [4.78, 5) is 0. The van der Waals surface area contributed by atoms with Gasteiger partial charge in [-0.1, -0.05) is 166 Å². The molecule has 0 radical (unpaired) electrons. The van der Waals surface area contributed by atoms with Crippen molar-refractivity contribution in [2.24, 2.45) is 0 Å². The molecule has 0 N–H and O–H groups in total. The summed E-state index contributed by atoms with van der Waals surface area (Å²) in [6.45, 7) is 4.73. The fraction of sp³-hybridized carbons (Fsp3) is 0.100. The molecule has 0 fully saturated rings. The summed E-state index contributed by atoms with van der Waals surface area (Å²) in [5.41, 5.74) is 14.5. The SMILES string of the molecule is CC1(C)c2ccccc2-c2ccc(C(c3cccc(-c4ccccc4)c3)c3ccccc3-c3ccccc3)cc21. The summed E-state index contributed by atoms with van der Waals surface area (Å²) in [6.07, 6.45) is 0. The molecule has 0 heterocycles. The van der Waals surface area contributed by atoms with Crippen molar-refractivity contribution in [2.75, 3.05) is 0 Å². The fourth-order valence-electron chi connectivity index (χ4n) is 6.61. The molecule has 1 atom stereocenters. The van der Waals surface area contributed by atoms with Gasteiger partial charge in [-0.15, -0.1) is 0 Å². The molecule has 0 nitrogen and oxygen atoms in total. The highest BCUT2D eigenvalue weighted by atomic mass is 14.4. The van der Waals surface area contributed by atoms with Gasteiger partial charge in [-0.25, -0.2) is 0 Å². The Hall–Kier alpha value is -4.68. The summed E-state index contributed by atoms with van der Waals surface area (Å²) in [5, 5.41) is 0. The average molecular weight is 513 g/mol. The molecule has 0 aliphatic heterocycles. The standard InChI is InChI=1S/C40H32/c1-40(2)37-23-12-11-21-34(37)35-25-24-32(27-38(35)40)39(31-19-13-18-30(26-31)28-14-5-3-6-15-28)36-22-10-9-20-33(36)29-16-7-4-8-17-29/h3-27,39H,1-2H3. The van der Waals surface area contributed by atoms with Crippen LogP contribution < -0.4 is 0 Å². The summed E-state index contributed by atoms with van der Waals surface area (Å²) in [5.74, 6) is 0.0879. The van der Waals surface area contributed by atoms with E-state index in [2.05, 4.69) is 166 Å². The van der Waals surface area contributed by atoms with Gasteiger partial charge in [-0.2, -0.15) is 0 Å². The first-order valence-electron chi connectivity index (χ1n) is 14.2. The van der Waals surface area contributed by atoms with Crippen molar-refractivity contribution in [3.8, 4) is 33.4 Å². The lowest BCUT2D eigenvalue weighted by Crippen LogP contribution is -2.16. The first-order valence-corrected chi connectivity index (χ1v) is 14.2. The average Bonchev–Trinajstić information content (AvgIpc) is 3.25. The molecule has 0 spiro atoms. The third-order valence-corrected chi connectivity index (χ3v) is 8.62. The van der Waals surface area contributed by atoms with Gasteiger partial charge in [0.05, 0.1) is 0 Å². The van der Waals surface area contributed by atoms with Gasteiger partial charge in [0, 0.05) is 11.3 Å². The van der Waals surface area contributed by atoms with Gasteiger partial charge in [0.25, 0.3) is 0 Å². The Morgan fingerprint density at radius 1 is 0.400 bits per heavy atom. The van der Waals surface area contributed by atoms with Crippen LogP contribution in [0.5, 0.6) is 0 Å². The minimum atomic E-state index is -0.0443. The van der Waals surface area contributed by atoms with E-state index in [0.29, 0.717) is 0 Å². The first kappa shape index (κ1) is 24.4. The molecule has 6 aromatic carbocycles. The zero-order chi connectivity index (χ0) is 27.1. The Morgan fingerprint density at radius 3 is 1.75 bits per heavy atom. The predicted molar refractivity (Wildman–Crippen MR) is 169 cm³/mol. The summed E-state index contributed by atoms with van der Waals surface area (Å²) in [7, 11) is 0. The van der Waals surface area contributed by atoms with Crippen molar-refractivity contribution >= 4 is 0 Å². The van der Waals surface area contributed by atoms with E-state index in [1.807, 2.05) is 0 Å². The van der Waals surface area contributed by atoms with Crippen molar-refractivity contribution in [2.45, 2.75) is 25.2 Å². The van der Waals surface area contributed by atoms with Crippen molar-refractivity contribution in [1.29, 1.82) is 0 Å². The molecule has 6 aromatic rings. The van der Waals surface area contributed by atoms with Crippen molar-refractivity contribution in [3.63, 3.8) is 0 Å². The fourth-order valence-corrected chi connectivity index (χ4v) is 6.61. The predicted octanol–water partition coefficient (Wildman–Crippen LogP) is 10.5. The van der Waals surface area contributed by atoms with Gasteiger partial charge in [-0.3, -0.25) is 0 Å². The molecule has 0 saturated carbocycles. The normalized spacial score (nSPS) is 13.8. The monoisotopic (exact) mass is 512 g/mol. The second kappa shape index (κ2) is 9.81. The second-order valence-electron chi connectivity index (χ2n) is 11.4. The molecule has 1 aliphatic rings. The molecular formula is C40H32. The summed E-state index contributed by atoms with van der Waals surface area (Å²) >= 11 is 0. The third-order valence-electron chi connectivity index (χ3n) is 8.62. The highest BCUT2D eigenvalue weighted by molar-refractivity contribution is 5.81. The Labute approximate surface area is 237 Å². The molecule has 40 heavy (non-hydrogen) atoms. The number of benzene rings is 6. The highest BCUT2D eigenvalue weighted by Crippen LogP contribution is 2.50. The zero-order valence-corrected chi connectivity index (χ0v) is 23.0. The molecule has 0 heteroatoms. The van der Waals surface area contributed by atoms with E-state index in [1.54, 1.807) is 0 Å². The van der Waals surface area contributed by atoms with Gasteiger partial charge in [-0.05, 0) is 61.2 Å². The van der Waals surface area contributed by atoms with E-state index in [-0.39, 0.29) is 11.3 Å². The largest absolute Gasteiger partial charge is 0.0622 e. The Morgan fingerprint density at radius 2 is 0.975 bits per heavy atom. The van der Waals surface area contributed by atoms with Gasteiger partial charge in [0.15, 0.2) is 0 Å². The maximum absolute atomic E-state index is 2.48. The summed E-state index contributed by atoms with van der Waals surface area (Å²) in [6, 6.07) is 55.6. The van der Waals surface area contributed by atoms with Crippen molar-refractivity contribution in [1.82, 2.24) is 0 Å². The maximum Gasteiger partial charge on any atom is 0.0346 e. The molecule has 7 rings (SSSR count). The Bertz CT molecular complexity index is 1810. The number of rotatable bonds is 5. The second-order valence-corrected chi connectivity index (χ2v) is 11.4. The molecule has 0 amide bonds. The highest BCUT2D eigenvalue weighted by Gasteiger charge is 2.36. The number of fused-ring (bicyclic) bond motifs is 3. The van der Waals surface area contributed by atoms with Crippen LogP contribution in [-0.4, -0.2) is 0 Å². The third kappa shape index (κ3) is 4.08. The number of hydrogen-bond donors (Lipinski definition) is 0. The molecule has 1 unspecified atom stereocenters. The van der Waals surface area contributed by atoms with Crippen LogP contribution in [-0.2, 0) is 5.41 Å². The van der Waals surface area contributed by atoms with Gasteiger partial charge in [0.2, 0.25) is 0 Å². The van der Waals surface area contributed by atoms with Crippen LogP contribution in [0.4, 0.5) is 0 Å². The molecule has 0 aromatic heterocycles. The van der Waals surface area contributed by atoms with Crippen LogP contribution in [0.1, 0.15) is 47.6 Å². The van der Waals surface area contributed by atoms with E-state index in [4.69, 9.17) is 0 Å². The van der Waals surface area contributed by atoms with Gasteiger partial charge in [0.1, 0.15) is 0 Å². The maximum atomic E-state index is 2.48. The van der Waals surface area contributed by atoms with Gasteiger partial charge >= 0.3 is 0 Å². The molecule has 0 bridgehead atoms. The van der Waals surface area contributed by atoms with Crippen LogP contribution in [0, 0.1) is 0 Å². The van der Waals surface area contributed by atoms with Crippen LogP contribution in [0.3, 0.4) is 0 Å². The Kier molecular flexibility index (Phi) is 5.98.